The van der Waals surface area contributed by atoms with Gasteiger partial charge in [-0.2, -0.15) is 0 Å². The Morgan fingerprint density at radius 3 is 2.00 bits per heavy atom. The molecule has 7 heteroatoms. The van der Waals surface area contributed by atoms with E-state index >= 15 is 0 Å². The number of thiophene rings is 1. The van der Waals surface area contributed by atoms with E-state index in [1.165, 1.54) is 25.7 Å². The third kappa shape index (κ3) is 5.98. The second-order valence-electron chi connectivity index (χ2n) is 13.9. The van der Waals surface area contributed by atoms with Crippen LogP contribution in [0.15, 0.2) is 187 Å². The molecule has 11 aromatic rings. The van der Waals surface area contributed by atoms with Crippen molar-refractivity contribution in [3.63, 3.8) is 0 Å². The van der Waals surface area contributed by atoms with E-state index in [0.29, 0.717) is 23.2 Å². The molecule has 11 rings (SSSR count). The lowest BCUT2D eigenvalue weighted by atomic mass is 9.97. The predicted molar refractivity (Wildman–Crippen MR) is 235 cm³/mol. The normalized spacial score (nSPS) is 11.5. The number of furan rings is 1. The smallest absolute Gasteiger partial charge is 0.182 e. The lowest BCUT2D eigenvalue weighted by Crippen LogP contribution is -2.00. The molecule has 0 radical (unpaired) electrons. The molecule has 268 valence electrons. The van der Waals surface area contributed by atoms with E-state index in [-0.39, 0.29) is 0 Å². The summed E-state index contributed by atoms with van der Waals surface area (Å²) in [5, 5.41) is 8.25. The molecule has 0 saturated heterocycles. The Kier molecular flexibility index (Phi) is 7.89. The summed E-state index contributed by atoms with van der Waals surface area (Å²) in [6, 6.07) is 60.6. The molecular weight excluding hydrogens is 719 g/mol. The lowest BCUT2D eigenvalue weighted by molar-refractivity contribution is 0.669. The van der Waals surface area contributed by atoms with Gasteiger partial charge < -0.3 is 9.73 Å². The quantitative estimate of drug-likeness (QED) is 0.175. The molecule has 0 unspecified atom stereocenters. The summed E-state index contributed by atoms with van der Waals surface area (Å²) in [5.41, 5.74) is 10.9. The van der Waals surface area contributed by atoms with E-state index < -0.39 is 0 Å². The number of hydrogen-bond donors (Lipinski definition) is 1. The van der Waals surface area contributed by atoms with Crippen LogP contribution >= 0.6 is 11.3 Å². The largest absolute Gasteiger partial charge is 0.456 e. The molecule has 0 saturated carbocycles. The minimum atomic E-state index is 0.544. The minimum absolute atomic E-state index is 0.544. The standard InChI is InChI=1S/C50H31N5OS/c1-3-12-31(13-4-1)36-16-7-8-18-41(36)52-35-23-25-39-44(30-35)56-43-20-11-17-37(47(39)43)33-22-26-45-40(28-33)38-24-21-34(29-46(38)57-45)49-53-48(32-14-5-2-6-15-32)54-50(55-49)42-19-9-10-27-51-42/h1-30,52H. The van der Waals surface area contributed by atoms with E-state index in [2.05, 4.69) is 132 Å². The van der Waals surface area contributed by atoms with E-state index in [1.54, 1.807) is 17.5 Å². The molecule has 0 aliphatic rings. The molecule has 0 amide bonds. The van der Waals surface area contributed by atoms with Gasteiger partial charge in [-0.1, -0.05) is 115 Å². The van der Waals surface area contributed by atoms with Gasteiger partial charge in [0.25, 0.3) is 0 Å². The highest BCUT2D eigenvalue weighted by molar-refractivity contribution is 7.25. The van der Waals surface area contributed by atoms with Gasteiger partial charge in [-0.15, -0.1) is 11.3 Å². The minimum Gasteiger partial charge on any atom is -0.456 e. The van der Waals surface area contributed by atoms with E-state index in [1.807, 2.05) is 54.6 Å². The van der Waals surface area contributed by atoms with Crippen LogP contribution in [-0.4, -0.2) is 19.9 Å². The fourth-order valence-electron chi connectivity index (χ4n) is 7.68. The Morgan fingerprint density at radius 2 is 1.16 bits per heavy atom. The van der Waals surface area contributed by atoms with Crippen molar-refractivity contribution in [1.29, 1.82) is 0 Å². The summed E-state index contributed by atoms with van der Waals surface area (Å²) < 4.78 is 8.91. The molecular formula is C50H31N5OS. The number of aromatic nitrogens is 4. The van der Waals surface area contributed by atoms with Crippen molar-refractivity contribution in [2.45, 2.75) is 0 Å². The zero-order chi connectivity index (χ0) is 37.7. The van der Waals surface area contributed by atoms with Crippen LogP contribution in [0.1, 0.15) is 0 Å². The van der Waals surface area contributed by atoms with Crippen LogP contribution < -0.4 is 5.32 Å². The number of benzene rings is 7. The average molecular weight is 750 g/mol. The number of nitrogens with one attached hydrogen (secondary N) is 1. The molecule has 6 nitrogen and oxygen atoms in total. The van der Waals surface area contributed by atoms with Crippen molar-refractivity contribution in [3.8, 4) is 56.5 Å². The molecule has 0 spiro atoms. The molecule has 0 fully saturated rings. The Bertz CT molecular complexity index is 3210. The Balaban J connectivity index is 0.963. The molecule has 1 N–H and O–H groups in total. The predicted octanol–water partition coefficient (Wildman–Crippen LogP) is 13.6. The first-order chi connectivity index (χ1) is 28.2. The number of pyridine rings is 1. The van der Waals surface area contributed by atoms with Crippen LogP contribution in [0.5, 0.6) is 0 Å². The number of rotatable bonds is 7. The summed E-state index contributed by atoms with van der Waals surface area (Å²) in [6.07, 6.45) is 1.76. The van der Waals surface area contributed by atoms with Gasteiger partial charge in [0.15, 0.2) is 17.5 Å². The van der Waals surface area contributed by atoms with Crippen LogP contribution in [0.2, 0.25) is 0 Å². The van der Waals surface area contributed by atoms with Crippen molar-refractivity contribution < 1.29 is 4.42 Å². The van der Waals surface area contributed by atoms with Gasteiger partial charge in [-0.25, -0.2) is 15.0 Å². The lowest BCUT2D eigenvalue weighted by Gasteiger charge is -2.12. The number of nitrogens with zero attached hydrogens (tertiary/aromatic N) is 4. The number of anilines is 2. The summed E-state index contributed by atoms with van der Waals surface area (Å²) in [5.74, 6) is 1.77. The highest BCUT2D eigenvalue weighted by Gasteiger charge is 2.17. The van der Waals surface area contributed by atoms with Gasteiger partial charge in [0, 0.05) is 71.3 Å². The third-order valence-corrected chi connectivity index (χ3v) is 11.5. The van der Waals surface area contributed by atoms with Crippen LogP contribution in [0.4, 0.5) is 11.4 Å². The van der Waals surface area contributed by atoms with Crippen LogP contribution in [0.25, 0.3) is 98.7 Å². The SMILES string of the molecule is c1ccc(-c2nc(-c3ccc4c(c3)sc3ccc(-c5cccc6oc7cc(Nc8ccccc8-c8ccccc8)ccc7c56)cc34)nc(-c3ccccn3)n2)cc1. The van der Waals surface area contributed by atoms with Gasteiger partial charge in [-0.3, -0.25) is 4.98 Å². The Morgan fingerprint density at radius 1 is 0.439 bits per heavy atom. The second-order valence-corrected chi connectivity index (χ2v) is 15.0. The van der Waals surface area contributed by atoms with Crippen LogP contribution in [0.3, 0.4) is 0 Å². The fraction of sp³-hybridized carbons (Fsp3) is 0. The topological polar surface area (TPSA) is 76.7 Å². The maximum atomic E-state index is 6.52. The summed E-state index contributed by atoms with van der Waals surface area (Å²) >= 11 is 1.78. The monoisotopic (exact) mass is 749 g/mol. The maximum absolute atomic E-state index is 6.52. The van der Waals surface area contributed by atoms with Gasteiger partial charge in [-0.05, 0) is 71.3 Å². The Labute approximate surface area is 331 Å². The van der Waals surface area contributed by atoms with Gasteiger partial charge >= 0.3 is 0 Å². The molecule has 57 heavy (non-hydrogen) atoms. The van der Waals surface area contributed by atoms with Crippen molar-refractivity contribution in [3.05, 3.63) is 182 Å². The van der Waals surface area contributed by atoms with Crippen molar-refractivity contribution >= 4 is 64.8 Å². The second kappa shape index (κ2) is 13.7. The number of hydrogen-bond acceptors (Lipinski definition) is 7. The molecule has 0 atom stereocenters. The average Bonchev–Trinajstić information content (AvgIpc) is 3.84. The first-order valence-corrected chi connectivity index (χ1v) is 19.6. The summed E-state index contributed by atoms with van der Waals surface area (Å²) in [7, 11) is 0. The zero-order valence-corrected chi connectivity index (χ0v) is 31.2. The van der Waals surface area contributed by atoms with Crippen molar-refractivity contribution in [1.82, 2.24) is 19.9 Å². The molecule has 4 aromatic heterocycles. The third-order valence-electron chi connectivity index (χ3n) is 10.4. The van der Waals surface area contributed by atoms with Crippen LogP contribution in [-0.2, 0) is 0 Å². The summed E-state index contributed by atoms with van der Waals surface area (Å²) in [6.45, 7) is 0. The van der Waals surface area contributed by atoms with Gasteiger partial charge in [0.2, 0.25) is 0 Å². The number of para-hydroxylation sites is 1. The Hall–Kier alpha value is -7.48. The van der Waals surface area contributed by atoms with Crippen LogP contribution in [0, 0.1) is 0 Å². The highest BCUT2D eigenvalue weighted by Crippen LogP contribution is 2.42. The van der Waals surface area contributed by atoms with Gasteiger partial charge in [0.1, 0.15) is 16.9 Å². The van der Waals surface area contributed by atoms with E-state index in [0.717, 1.165) is 61.1 Å². The molecule has 0 bridgehead atoms. The zero-order valence-electron chi connectivity index (χ0n) is 30.4. The molecule has 0 aliphatic heterocycles. The molecule has 4 heterocycles. The summed E-state index contributed by atoms with van der Waals surface area (Å²) in [4.78, 5) is 19.2. The fourth-order valence-corrected chi connectivity index (χ4v) is 8.80. The first-order valence-electron chi connectivity index (χ1n) is 18.8. The first kappa shape index (κ1) is 32.9. The molecule has 0 aliphatic carbocycles. The maximum Gasteiger partial charge on any atom is 0.182 e. The van der Waals surface area contributed by atoms with Gasteiger partial charge in [0.05, 0.1) is 0 Å². The van der Waals surface area contributed by atoms with E-state index in [4.69, 9.17) is 19.4 Å². The van der Waals surface area contributed by atoms with E-state index in [9.17, 15) is 0 Å². The number of fused-ring (bicyclic) bond motifs is 6. The molecule has 7 aromatic carbocycles. The van der Waals surface area contributed by atoms with Crippen molar-refractivity contribution in [2.75, 3.05) is 5.32 Å². The van der Waals surface area contributed by atoms with Crippen molar-refractivity contribution in [2.24, 2.45) is 0 Å². The highest BCUT2D eigenvalue weighted by atomic mass is 32.1.